The zero-order valence-corrected chi connectivity index (χ0v) is 16.7. The Hall–Kier alpha value is -2.32. The van der Waals surface area contributed by atoms with Crippen molar-refractivity contribution >= 4 is 40.2 Å². The largest absolute Gasteiger partial charge is 0.378 e. The molecular weight excluding hydrogens is 376 g/mol. The highest BCUT2D eigenvalue weighted by Gasteiger charge is 2.25. The van der Waals surface area contributed by atoms with Crippen LogP contribution in [0.3, 0.4) is 0 Å². The van der Waals surface area contributed by atoms with E-state index >= 15 is 0 Å². The molecule has 0 aliphatic carbocycles. The molecule has 0 saturated carbocycles. The molecule has 2 fully saturated rings. The van der Waals surface area contributed by atoms with Gasteiger partial charge in [-0.25, -0.2) is 0 Å². The molecule has 2 aliphatic heterocycles. The molecule has 0 bridgehead atoms. The minimum absolute atomic E-state index is 0.0106. The third kappa shape index (κ3) is 3.93. The van der Waals surface area contributed by atoms with Crippen molar-refractivity contribution in [3.63, 3.8) is 0 Å². The number of nitrogens with zero attached hydrogens (tertiary/aromatic N) is 3. The molecule has 0 spiro atoms. The van der Waals surface area contributed by atoms with Gasteiger partial charge in [-0.2, -0.15) is 0 Å². The van der Waals surface area contributed by atoms with Crippen molar-refractivity contribution in [3.8, 4) is 0 Å². The number of morpholine rings is 1. The lowest BCUT2D eigenvalue weighted by Gasteiger charge is -2.29. The zero-order chi connectivity index (χ0) is 19.5. The van der Waals surface area contributed by atoms with Gasteiger partial charge in [0.05, 0.1) is 36.7 Å². The zero-order valence-electron chi connectivity index (χ0n) is 15.9. The molecule has 1 atom stereocenters. The fourth-order valence-corrected chi connectivity index (χ4v) is 4.78. The van der Waals surface area contributed by atoms with Crippen LogP contribution in [-0.2, 0) is 9.53 Å². The number of pyridine rings is 1. The third-order valence-corrected chi connectivity index (χ3v) is 6.37. The van der Waals surface area contributed by atoms with Gasteiger partial charge in [-0.15, -0.1) is 11.8 Å². The number of ether oxygens (including phenoxy) is 1. The monoisotopic (exact) mass is 400 g/mol. The van der Waals surface area contributed by atoms with Crippen molar-refractivity contribution in [1.29, 1.82) is 0 Å². The number of anilines is 1. The highest BCUT2D eigenvalue weighted by atomic mass is 32.2. The highest BCUT2D eigenvalue weighted by Crippen LogP contribution is 2.25. The van der Waals surface area contributed by atoms with E-state index in [2.05, 4.69) is 15.2 Å². The summed E-state index contributed by atoms with van der Waals surface area (Å²) in [5.41, 5.74) is 2.36. The van der Waals surface area contributed by atoms with E-state index in [9.17, 15) is 9.59 Å². The van der Waals surface area contributed by atoms with Crippen molar-refractivity contribution in [1.82, 2.24) is 15.2 Å². The summed E-state index contributed by atoms with van der Waals surface area (Å²) >= 11 is 1.74. The summed E-state index contributed by atoms with van der Waals surface area (Å²) in [7, 11) is 0. The highest BCUT2D eigenvalue weighted by molar-refractivity contribution is 7.99. The number of nitrogens with one attached hydrogen (secondary N) is 1. The molecule has 0 unspecified atom stereocenters. The molecule has 2 saturated heterocycles. The number of benzene rings is 1. The second-order valence-corrected chi connectivity index (χ2v) is 8.05. The molecule has 1 N–H and O–H groups in total. The van der Waals surface area contributed by atoms with Crippen LogP contribution in [0.1, 0.15) is 17.3 Å². The molecule has 1 aromatic heterocycles. The van der Waals surface area contributed by atoms with Crippen molar-refractivity contribution in [2.75, 3.05) is 49.4 Å². The predicted octanol–water partition coefficient (Wildman–Crippen LogP) is 1.72. The number of fused-ring (bicyclic) bond motifs is 1. The summed E-state index contributed by atoms with van der Waals surface area (Å²) in [4.78, 5) is 33.6. The number of hydrogen-bond donors (Lipinski definition) is 1. The van der Waals surface area contributed by atoms with Crippen molar-refractivity contribution in [2.24, 2.45) is 0 Å². The summed E-state index contributed by atoms with van der Waals surface area (Å²) in [6.07, 6.45) is 1.63. The summed E-state index contributed by atoms with van der Waals surface area (Å²) < 4.78 is 5.42. The first kappa shape index (κ1) is 19.0. The van der Waals surface area contributed by atoms with Gasteiger partial charge in [-0.1, -0.05) is 0 Å². The van der Waals surface area contributed by atoms with Gasteiger partial charge in [0.25, 0.3) is 5.91 Å². The van der Waals surface area contributed by atoms with E-state index in [0.29, 0.717) is 24.7 Å². The van der Waals surface area contributed by atoms with Gasteiger partial charge >= 0.3 is 0 Å². The van der Waals surface area contributed by atoms with E-state index in [1.54, 1.807) is 24.0 Å². The smallest absolute Gasteiger partial charge is 0.252 e. The van der Waals surface area contributed by atoms with Gasteiger partial charge < -0.3 is 19.9 Å². The summed E-state index contributed by atoms with van der Waals surface area (Å²) in [6.45, 7) is 5.10. The van der Waals surface area contributed by atoms with Crippen molar-refractivity contribution in [2.45, 2.75) is 13.0 Å². The van der Waals surface area contributed by atoms with Gasteiger partial charge in [0.1, 0.15) is 0 Å². The van der Waals surface area contributed by atoms with Crippen LogP contribution in [0.2, 0.25) is 0 Å². The van der Waals surface area contributed by atoms with Gasteiger partial charge in [0.2, 0.25) is 5.91 Å². The van der Waals surface area contributed by atoms with Crippen LogP contribution >= 0.6 is 11.8 Å². The number of hydrogen-bond acceptors (Lipinski definition) is 6. The maximum Gasteiger partial charge on any atom is 0.252 e. The first-order chi connectivity index (χ1) is 13.6. The molecule has 2 aliphatic rings. The molecule has 28 heavy (non-hydrogen) atoms. The molecule has 4 rings (SSSR count). The minimum atomic E-state index is -0.251. The minimum Gasteiger partial charge on any atom is -0.378 e. The summed E-state index contributed by atoms with van der Waals surface area (Å²) in [5.74, 6) is 1.34. The number of carbonyl (C=O) groups is 2. The Labute approximate surface area is 168 Å². The number of carbonyl (C=O) groups excluding carboxylic acids is 2. The quantitative estimate of drug-likeness (QED) is 0.842. The summed E-state index contributed by atoms with van der Waals surface area (Å²) in [6, 6.07) is 7.89. The normalized spacial score (nSPS) is 19.8. The first-order valence-corrected chi connectivity index (χ1v) is 10.7. The van der Waals surface area contributed by atoms with Gasteiger partial charge in [0, 0.05) is 42.2 Å². The maximum atomic E-state index is 12.8. The average molecular weight is 401 g/mol. The van der Waals surface area contributed by atoms with Crippen LogP contribution in [0, 0.1) is 0 Å². The topological polar surface area (TPSA) is 74.8 Å². The Kier molecular flexibility index (Phi) is 5.68. The third-order valence-electron chi connectivity index (χ3n) is 5.19. The fraction of sp³-hybridized carbons (Fsp3) is 0.450. The molecule has 2 aromatic rings. The lowest BCUT2D eigenvalue weighted by Crippen LogP contribution is -2.42. The molecular formula is C20H24N4O3S. The van der Waals surface area contributed by atoms with E-state index in [1.807, 2.05) is 30.0 Å². The summed E-state index contributed by atoms with van der Waals surface area (Å²) in [5, 5.41) is 3.58. The second-order valence-electron chi connectivity index (χ2n) is 7.05. The van der Waals surface area contributed by atoms with Crippen molar-refractivity contribution < 1.29 is 14.3 Å². The standard InChI is InChI=1S/C20H24N4O3S/c1-14-12-28-13-24(14)19(25)11-22-20(26)16-4-5-21-18-3-2-15(10-17(16)18)23-6-8-27-9-7-23/h2-5,10,14H,6-9,11-13H2,1H3,(H,22,26)/t14-/m1/s1. The lowest BCUT2D eigenvalue weighted by atomic mass is 10.1. The SMILES string of the molecule is C[C@@H]1CSCN1C(=O)CNC(=O)c1ccnc2ccc(N3CCOCC3)cc12. The Morgan fingerprint density at radius 1 is 1.29 bits per heavy atom. The first-order valence-electron chi connectivity index (χ1n) is 9.50. The van der Waals surface area contributed by atoms with Crippen molar-refractivity contribution in [3.05, 3.63) is 36.0 Å². The van der Waals surface area contributed by atoms with Gasteiger partial charge in [-0.3, -0.25) is 14.6 Å². The van der Waals surface area contributed by atoms with E-state index in [1.165, 1.54) is 0 Å². The van der Waals surface area contributed by atoms with Crippen LogP contribution in [0.15, 0.2) is 30.5 Å². The van der Waals surface area contributed by atoms with Crippen LogP contribution in [0.5, 0.6) is 0 Å². The maximum absolute atomic E-state index is 12.8. The van der Waals surface area contributed by atoms with Crippen LogP contribution in [-0.4, -0.2) is 72.2 Å². The Morgan fingerprint density at radius 3 is 2.86 bits per heavy atom. The van der Waals surface area contributed by atoms with E-state index in [-0.39, 0.29) is 24.4 Å². The van der Waals surface area contributed by atoms with Crippen LogP contribution < -0.4 is 10.2 Å². The second kappa shape index (κ2) is 8.36. The number of thioether (sulfide) groups is 1. The van der Waals surface area contributed by atoms with E-state index in [4.69, 9.17) is 4.74 Å². The molecule has 2 amide bonds. The number of amides is 2. The van der Waals surface area contributed by atoms with E-state index in [0.717, 1.165) is 35.4 Å². The lowest BCUT2D eigenvalue weighted by molar-refractivity contribution is -0.130. The van der Waals surface area contributed by atoms with Crippen LogP contribution in [0.25, 0.3) is 10.9 Å². The molecule has 1 aromatic carbocycles. The predicted molar refractivity (Wildman–Crippen MR) is 111 cm³/mol. The molecule has 7 nitrogen and oxygen atoms in total. The van der Waals surface area contributed by atoms with Gasteiger partial charge in [0.15, 0.2) is 0 Å². The molecule has 148 valence electrons. The average Bonchev–Trinajstić information content (AvgIpc) is 3.17. The van der Waals surface area contributed by atoms with Gasteiger partial charge in [-0.05, 0) is 31.2 Å². The molecule has 8 heteroatoms. The molecule has 0 radical (unpaired) electrons. The Morgan fingerprint density at radius 2 is 2.11 bits per heavy atom. The van der Waals surface area contributed by atoms with Crippen LogP contribution in [0.4, 0.5) is 5.69 Å². The van der Waals surface area contributed by atoms with E-state index < -0.39 is 0 Å². The number of aromatic nitrogens is 1. The number of rotatable bonds is 4. The fourth-order valence-electron chi connectivity index (χ4n) is 3.56. The Balaban J connectivity index is 1.51. The Bertz CT molecular complexity index is 885. The molecule has 3 heterocycles.